The van der Waals surface area contributed by atoms with Crippen molar-refractivity contribution in [1.29, 1.82) is 0 Å². The van der Waals surface area contributed by atoms with E-state index in [-0.39, 0.29) is 11.8 Å². The van der Waals surface area contributed by atoms with E-state index in [0.717, 1.165) is 61.9 Å². The largest absolute Gasteiger partial charge is 0.342 e. The van der Waals surface area contributed by atoms with Gasteiger partial charge in [0.15, 0.2) is 0 Å². The van der Waals surface area contributed by atoms with E-state index >= 15 is 0 Å². The molecule has 1 saturated heterocycles. The monoisotopic (exact) mass is 340 g/mol. The lowest BCUT2D eigenvalue weighted by atomic mass is 10.0. The smallest absolute Gasteiger partial charge is 0.253 e. The zero-order valence-electron chi connectivity index (χ0n) is 15.3. The first-order valence-corrected chi connectivity index (χ1v) is 9.62. The molecule has 1 heterocycles. The molecule has 1 aliphatic heterocycles. The minimum Gasteiger partial charge on any atom is -0.342 e. The van der Waals surface area contributed by atoms with Crippen LogP contribution in [0, 0.1) is 30.6 Å². The highest BCUT2D eigenvalue weighted by molar-refractivity contribution is 5.94. The summed E-state index contributed by atoms with van der Waals surface area (Å²) >= 11 is 0. The molecular weight excluding hydrogens is 312 g/mol. The Morgan fingerprint density at radius 1 is 1.12 bits per heavy atom. The Hall–Kier alpha value is -1.84. The van der Waals surface area contributed by atoms with Gasteiger partial charge in [0.1, 0.15) is 0 Å². The Labute approximate surface area is 150 Å². The van der Waals surface area contributed by atoms with Crippen LogP contribution in [0.25, 0.3) is 0 Å². The molecule has 3 aliphatic rings. The van der Waals surface area contributed by atoms with Gasteiger partial charge in [-0.1, -0.05) is 17.7 Å². The lowest BCUT2D eigenvalue weighted by Crippen LogP contribution is -2.36. The first-order chi connectivity index (χ1) is 12.0. The summed E-state index contributed by atoms with van der Waals surface area (Å²) in [6.07, 6.45) is 4.61. The minimum atomic E-state index is 0.0701. The molecule has 25 heavy (non-hydrogen) atoms. The molecular formula is C21H28N2O2. The van der Waals surface area contributed by atoms with E-state index in [4.69, 9.17) is 0 Å². The summed E-state index contributed by atoms with van der Waals surface area (Å²) in [5.41, 5.74) is 1.90. The Bertz CT molecular complexity index is 659. The molecule has 2 unspecified atom stereocenters. The standard InChI is InChI=1S/C21H28N2O2/c1-14-3-5-16(6-4-14)20(24)22(2)12-15-7-8-23(13-15)21(25)19-10-17-9-18(17)11-19/h3-6,15,17-19H,7-13H2,1-2H3/t15?,17-,18+,19?. The van der Waals surface area contributed by atoms with E-state index in [2.05, 4.69) is 4.90 Å². The molecule has 4 atom stereocenters. The zero-order chi connectivity index (χ0) is 17.6. The predicted molar refractivity (Wildman–Crippen MR) is 97.1 cm³/mol. The van der Waals surface area contributed by atoms with Crippen LogP contribution in [0.1, 0.15) is 41.6 Å². The van der Waals surface area contributed by atoms with Gasteiger partial charge < -0.3 is 9.80 Å². The quantitative estimate of drug-likeness (QED) is 0.845. The Morgan fingerprint density at radius 2 is 1.80 bits per heavy atom. The number of hydrogen-bond acceptors (Lipinski definition) is 2. The highest BCUT2D eigenvalue weighted by atomic mass is 16.2. The number of fused-ring (bicyclic) bond motifs is 1. The average Bonchev–Trinajstić information content (AvgIpc) is 3.00. The van der Waals surface area contributed by atoms with Gasteiger partial charge in [0.05, 0.1) is 0 Å². The van der Waals surface area contributed by atoms with Crippen molar-refractivity contribution in [3.05, 3.63) is 35.4 Å². The topological polar surface area (TPSA) is 40.6 Å². The van der Waals surface area contributed by atoms with Crippen LogP contribution in [-0.4, -0.2) is 48.3 Å². The fraction of sp³-hybridized carbons (Fsp3) is 0.619. The van der Waals surface area contributed by atoms with Crippen molar-refractivity contribution in [2.45, 2.75) is 32.6 Å². The molecule has 4 rings (SSSR count). The third-order valence-corrected chi connectivity index (χ3v) is 6.37. The highest BCUT2D eigenvalue weighted by Crippen LogP contribution is 2.54. The summed E-state index contributed by atoms with van der Waals surface area (Å²) < 4.78 is 0. The first-order valence-electron chi connectivity index (χ1n) is 9.62. The number of carbonyl (C=O) groups excluding carboxylic acids is 2. The van der Waals surface area contributed by atoms with Gasteiger partial charge in [0.25, 0.3) is 5.91 Å². The Morgan fingerprint density at radius 3 is 2.48 bits per heavy atom. The van der Waals surface area contributed by atoms with Crippen LogP contribution in [0.15, 0.2) is 24.3 Å². The summed E-state index contributed by atoms with van der Waals surface area (Å²) in [6, 6.07) is 7.74. The van der Waals surface area contributed by atoms with Crippen molar-refractivity contribution in [3.8, 4) is 0 Å². The Kier molecular flexibility index (Phi) is 4.30. The van der Waals surface area contributed by atoms with Gasteiger partial charge in [0, 0.05) is 38.2 Å². The molecule has 134 valence electrons. The molecule has 0 N–H and O–H groups in total. The number of carbonyl (C=O) groups is 2. The van der Waals surface area contributed by atoms with E-state index < -0.39 is 0 Å². The fourth-order valence-corrected chi connectivity index (χ4v) is 4.74. The molecule has 0 spiro atoms. The molecule has 2 saturated carbocycles. The van der Waals surface area contributed by atoms with Crippen molar-refractivity contribution in [2.24, 2.45) is 23.7 Å². The maximum Gasteiger partial charge on any atom is 0.253 e. The van der Waals surface area contributed by atoms with Crippen LogP contribution in [-0.2, 0) is 4.79 Å². The second-order valence-electron chi connectivity index (χ2n) is 8.41. The predicted octanol–water partition coefficient (Wildman–Crippen LogP) is 2.96. The van der Waals surface area contributed by atoms with Gasteiger partial charge in [-0.2, -0.15) is 0 Å². The van der Waals surface area contributed by atoms with Crippen molar-refractivity contribution in [3.63, 3.8) is 0 Å². The molecule has 2 amide bonds. The van der Waals surface area contributed by atoms with Crippen LogP contribution in [0.3, 0.4) is 0 Å². The normalized spacial score (nSPS) is 30.2. The number of hydrogen-bond donors (Lipinski definition) is 0. The van der Waals surface area contributed by atoms with Gasteiger partial charge in [-0.15, -0.1) is 0 Å². The summed E-state index contributed by atoms with van der Waals surface area (Å²) in [6.45, 7) is 4.43. The molecule has 0 bridgehead atoms. The van der Waals surface area contributed by atoms with Crippen LogP contribution in [0.4, 0.5) is 0 Å². The molecule has 2 aliphatic carbocycles. The number of aryl methyl sites for hydroxylation is 1. The van der Waals surface area contributed by atoms with E-state index in [0.29, 0.717) is 11.8 Å². The molecule has 3 fully saturated rings. The number of likely N-dealkylation sites (tertiary alicyclic amines) is 1. The van der Waals surface area contributed by atoms with Gasteiger partial charge in [0.2, 0.25) is 5.91 Å². The van der Waals surface area contributed by atoms with Gasteiger partial charge in [-0.25, -0.2) is 0 Å². The fourth-order valence-electron chi connectivity index (χ4n) is 4.74. The van der Waals surface area contributed by atoms with Crippen LogP contribution >= 0.6 is 0 Å². The lowest BCUT2D eigenvalue weighted by molar-refractivity contribution is -0.134. The number of amides is 2. The van der Waals surface area contributed by atoms with Crippen molar-refractivity contribution in [2.75, 3.05) is 26.7 Å². The van der Waals surface area contributed by atoms with Crippen LogP contribution in [0.5, 0.6) is 0 Å². The number of nitrogens with zero attached hydrogens (tertiary/aromatic N) is 2. The molecule has 0 aromatic heterocycles. The highest BCUT2D eigenvalue weighted by Gasteiger charge is 2.49. The van der Waals surface area contributed by atoms with Crippen LogP contribution < -0.4 is 0 Å². The third-order valence-electron chi connectivity index (χ3n) is 6.37. The molecule has 4 heteroatoms. The van der Waals surface area contributed by atoms with E-state index in [1.807, 2.05) is 43.1 Å². The van der Waals surface area contributed by atoms with Gasteiger partial charge >= 0.3 is 0 Å². The molecule has 1 aromatic rings. The number of rotatable bonds is 4. The van der Waals surface area contributed by atoms with Gasteiger partial charge in [-0.05, 0) is 62.5 Å². The molecule has 1 aromatic carbocycles. The maximum atomic E-state index is 12.7. The minimum absolute atomic E-state index is 0.0701. The average molecular weight is 340 g/mol. The second-order valence-corrected chi connectivity index (χ2v) is 8.41. The van der Waals surface area contributed by atoms with Crippen LogP contribution in [0.2, 0.25) is 0 Å². The van der Waals surface area contributed by atoms with Crippen molar-refractivity contribution >= 4 is 11.8 Å². The van der Waals surface area contributed by atoms with E-state index in [1.54, 1.807) is 0 Å². The third kappa shape index (κ3) is 3.44. The van der Waals surface area contributed by atoms with Crippen molar-refractivity contribution in [1.82, 2.24) is 9.80 Å². The molecule has 0 radical (unpaired) electrons. The van der Waals surface area contributed by atoms with E-state index in [9.17, 15) is 9.59 Å². The zero-order valence-corrected chi connectivity index (χ0v) is 15.3. The maximum absolute atomic E-state index is 12.7. The number of benzene rings is 1. The van der Waals surface area contributed by atoms with E-state index in [1.165, 1.54) is 6.42 Å². The SMILES string of the molecule is Cc1ccc(C(=O)N(C)CC2CCN(C(=O)C3C[C@@H]4C[C@@H]4C3)C2)cc1. The van der Waals surface area contributed by atoms with Crippen molar-refractivity contribution < 1.29 is 9.59 Å². The molecule has 4 nitrogen and oxygen atoms in total. The summed E-state index contributed by atoms with van der Waals surface area (Å²) in [4.78, 5) is 29.1. The Balaban J connectivity index is 1.29. The van der Waals surface area contributed by atoms with Gasteiger partial charge in [-0.3, -0.25) is 9.59 Å². The second kappa shape index (κ2) is 6.47. The summed E-state index contributed by atoms with van der Waals surface area (Å²) in [5, 5.41) is 0. The summed E-state index contributed by atoms with van der Waals surface area (Å²) in [7, 11) is 1.87. The lowest BCUT2D eigenvalue weighted by Gasteiger charge is -2.24. The first kappa shape index (κ1) is 16.6. The summed E-state index contributed by atoms with van der Waals surface area (Å²) in [5.74, 6) is 2.84.